The van der Waals surface area contributed by atoms with Crippen molar-refractivity contribution in [2.75, 3.05) is 6.61 Å². The third kappa shape index (κ3) is 2.53. The van der Waals surface area contributed by atoms with Gasteiger partial charge in [0.25, 0.3) is 0 Å². The third-order valence-electron chi connectivity index (χ3n) is 3.16. The number of rotatable bonds is 3. The first-order chi connectivity index (χ1) is 8.61. The Morgan fingerprint density at radius 2 is 1.83 bits per heavy atom. The zero-order valence-electron chi connectivity index (χ0n) is 11.1. The van der Waals surface area contributed by atoms with Gasteiger partial charge >= 0.3 is 5.97 Å². The summed E-state index contributed by atoms with van der Waals surface area (Å²) in [5.74, 6) is -0.375. The van der Waals surface area contributed by atoms with Crippen LogP contribution in [0.25, 0.3) is 10.8 Å². The van der Waals surface area contributed by atoms with Gasteiger partial charge in [0, 0.05) is 0 Å². The lowest BCUT2D eigenvalue weighted by atomic mass is 9.97. The molecule has 0 bridgehead atoms. The van der Waals surface area contributed by atoms with Crippen molar-refractivity contribution < 1.29 is 9.53 Å². The molecule has 18 heavy (non-hydrogen) atoms. The quantitative estimate of drug-likeness (QED) is 0.765. The predicted molar refractivity (Wildman–Crippen MR) is 73.7 cm³/mol. The number of hydrogen-bond acceptors (Lipinski definition) is 2. The lowest BCUT2D eigenvalue weighted by Gasteiger charge is -2.11. The topological polar surface area (TPSA) is 26.3 Å². The van der Waals surface area contributed by atoms with E-state index in [4.69, 9.17) is 4.74 Å². The van der Waals surface area contributed by atoms with Crippen LogP contribution in [0.5, 0.6) is 0 Å². The SMILES string of the molecule is CCOC(=O)[C@@H](C)c1ccc2cc(C)ccc2c1. The van der Waals surface area contributed by atoms with Crippen molar-refractivity contribution in [3.8, 4) is 0 Å². The van der Waals surface area contributed by atoms with Crippen LogP contribution in [0.15, 0.2) is 36.4 Å². The van der Waals surface area contributed by atoms with E-state index in [9.17, 15) is 4.79 Å². The van der Waals surface area contributed by atoms with E-state index in [0.29, 0.717) is 6.61 Å². The first-order valence-corrected chi connectivity index (χ1v) is 6.28. The van der Waals surface area contributed by atoms with E-state index in [1.165, 1.54) is 10.9 Å². The predicted octanol–water partition coefficient (Wildman–Crippen LogP) is 3.81. The normalized spacial score (nSPS) is 12.4. The summed E-state index contributed by atoms with van der Waals surface area (Å²) in [5, 5.41) is 2.36. The summed E-state index contributed by atoms with van der Waals surface area (Å²) in [4.78, 5) is 11.7. The van der Waals surface area contributed by atoms with Crippen molar-refractivity contribution in [1.82, 2.24) is 0 Å². The molecule has 1 atom stereocenters. The van der Waals surface area contributed by atoms with Crippen LogP contribution >= 0.6 is 0 Å². The van der Waals surface area contributed by atoms with E-state index in [1.807, 2.05) is 19.9 Å². The molecule has 0 unspecified atom stereocenters. The van der Waals surface area contributed by atoms with Crippen molar-refractivity contribution in [3.05, 3.63) is 47.5 Å². The minimum atomic E-state index is -0.212. The van der Waals surface area contributed by atoms with Crippen LogP contribution in [-0.2, 0) is 9.53 Å². The Balaban J connectivity index is 2.35. The summed E-state index contributed by atoms with van der Waals surface area (Å²) >= 11 is 0. The minimum absolute atomic E-state index is 0.163. The van der Waals surface area contributed by atoms with Crippen LogP contribution in [0.4, 0.5) is 0 Å². The molecule has 0 spiro atoms. The fourth-order valence-corrected chi connectivity index (χ4v) is 2.06. The largest absolute Gasteiger partial charge is 0.466 e. The van der Waals surface area contributed by atoms with Gasteiger partial charge in [0.15, 0.2) is 0 Å². The molecule has 0 radical (unpaired) electrons. The monoisotopic (exact) mass is 242 g/mol. The highest BCUT2D eigenvalue weighted by Crippen LogP contribution is 2.23. The van der Waals surface area contributed by atoms with Crippen LogP contribution < -0.4 is 0 Å². The maximum atomic E-state index is 11.7. The summed E-state index contributed by atoms with van der Waals surface area (Å²) in [6.45, 7) is 6.21. The lowest BCUT2D eigenvalue weighted by molar-refractivity contribution is -0.144. The average molecular weight is 242 g/mol. The molecule has 2 nitrogen and oxygen atoms in total. The average Bonchev–Trinajstić information content (AvgIpc) is 2.37. The molecule has 0 aliphatic heterocycles. The van der Waals surface area contributed by atoms with Crippen LogP contribution in [0.3, 0.4) is 0 Å². The molecule has 0 saturated carbocycles. The first kappa shape index (κ1) is 12.6. The summed E-state index contributed by atoms with van der Waals surface area (Å²) in [5.41, 5.74) is 2.25. The maximum absolute atomic E-state index is 11.7. The lowest BCUT2D eigenvalue weighted by Crippen LogP contribution is -2.12. The van der Waals surface area contributed by atoms with E-state index in [-0.39, 0.29) is 11.9 Å². The highest BCUT2D eigenvalue weighted by Gasteiger charge is 2.16. The molecule has 0 aliphatic rings. The van der Waals surface area contributed by atoms with Crippen LogP contribution in [0.2, 0.25) is 0 Å². The molecule has 0 aliphatic carbocycles. The van der Waals surface area contributed by atoms with Crippen molar-refractivity contribution in [2.24, 2.45) is 0 Å². The van der Waals surface area contributed by atoms with Gasteiger partial charge in [-0.05, 0) is 37.1 Å². The molecule has 0 saturated heterocycles. The van der Waals surface area contributed by atoms with Crippen molar-refractivity contribution in [1.29, 1.82) is 0 Å². The van der Waals surface area contributed by atoms with Gasteiger partial charge in [-0.1, -0.05) is 42.0 Å². The van der Waals surface area contributed by atoms with Crippen LogP contribution in [0, 0.1) is 6.92 Å². The fraction of sp³-hybridized carbons (Fsp3) is 0.312. The fourth-order valence-electron chi connectivity index (χ4n) is 2.06. The molecule has 94 valence electrons. The van der Waals surface area contributed by atoms with Gasteiger partial charge in [0.1, 0.15) is 0 Å². The number of benzene rings is 2. The Hall–Kier alpha value is -1.83. The van der Waals surface area contributed by atoms with Gasteiger partial charge < -0.3 is 4.74 Å². The summed E-state index contributed by atoms with van der Waals surface area (Å²) < 4.78 is 5.05. The second-order valence-corrected chi connectivity index (χ2v) is 4.58. The Morgan fingerprint density at radius 3 is 2.56 bits per heavy atom. The molecule has 2 aromatic carbocycles. The molecule has 2 heteroatoms. The molecule has 0 aromatic heterocycles. The number of ether oxygens (including phenoxy) is 1. The van der Waals surface area contributed by atoms with E-state index in [2.05, 4.69) is 37.3 Å². The Labute approximate surface area is 108 Å². The highest BCUT2D eigenvalue weighted by molar-refractivity contribution is 5.86. The molecule has 2 rings (SSSR count). The molecule has 0 heterocycles. The van der Waals surface area contributed by atoms with Gasteiger partial charge in [-0.25, -0.2) is 0 Å². The van der Waals surface area contributed by atoms with E-state index >= 15 is 0 Å². The molecular weight excluding hydrogens is 224 g/mol. The van der Waals surface area contributed by atoms with Gasteiger partial charge in [-0.15, -0.1) is 0 Å². The summed E-state index contributed by atoms with van der Waals surface area (Å²) in [6.07, 6.45) is 0. The first-order valence-electron chi connectivity index (χ1n) is 6.28. The van der Waals surface area contributed by atoms with Gasteiger partial charge in [-0.3, -0.25) is 4.79 Å². The third-order valence-corrected chi connectivity index (χ3v) is 3.16. The molecule has 0 N–H and O–H groups in total. The Kier molecular flexibility index (Phi) is 3.66. The van der Waals surface area contributed by atoms with E-state index < -0.39 is 0 Å². The van der Waals surface area contributed by atoms with E-state index in [1.54, 1.807) is 0 Å². The highest BCUT2D eigenvalue weighted by atomic mass is 16.5. The Bertz CT molecular complexity index is 572. The summed E-state index contributed by atoms with van der Waals surface area (Å²) in [7, 11) is 0. The number of hydrogen-bond donors (Lipinski definition) is 0. The molecule has 0 fully saturated rings. The minimum Gasteiger partial charge on any atom is -0.466 e. The van der Waals surface area contributed by atoms with Gasteiger partial charge in [0.2, 0.25) is 0 Å². The van der Waals surface area contributed by atoms with Crippen molar-refractivity contribution >= 4 is 16.7 Å². The van der Waals surface area contributed by atoms with Crippen molar-refractivity contribution in [3.63, 3.8) is 0 Å². The van der Waals surface area contributed by atoms with Gasteiger partial charge in [-0.2, -0.15) is 0 Å². The van der Waals surface area contributed by atoms with Gasteiger partial charge in [0.05, 0.1) is 12.5 Å². The Morgan fingerprint density at radius 1 is 1.17 bits per heavy atom. The number of aryl methyl sites for hydroxylation is 1. The van der Waals surface area contributed by atoms with Crippen LogP contribution in [0.1, 0.15) is 30.9 Å². The number of carbonyl (C=O) groups is 1. The number of esters is 1. The maximum Gasteiger partial charge on any atom is 0.313 e. The van der Waals surface area contributed by atoms with Crippen LogP contribution in [-0.4, -0.2) is 12.6 Å². The second-order valence-electron chi connectivity index (χ2n) is 4.58. The van der Waals surface area contributed by atoms with E-state index in [0.717, 1.165) is 10.9 Å². The zero-order chi connectivity index (χ0) is 13.1. The molecule has 0 amide bonds. The molecular formula is C16H18O2. The second kappa shape index (κ2) is 5.21. The number of carbonyl (C=O) groups excluding carboxylic acids is 1. The smallest absolute Gasteiger partial charge is 0.313 e. The van der Waals surface area contributed by atoms with Crippen molar-refractivity contribution in [2.45, 2.75) is 26.7 Å². The molecule has 2 aromatic rings. The number of fused-ring (bicyclic) bond motifs is 1. The zero-order valence-corrected chi connectivity index (χ0v) is 11.1. The summed E-state index contributed by atoms with van der Waals surface area (Å²) in [6, 6.07) is 12.5. The standard InChI is InChI=1S/C16H18O2/c1-4-18-16(17)12(3)13-7-8-14-9-11(2)5-6-15(14)10-13/h5-10,12H,4H2,1-3H3/t12-/m0/s1.